The van der Waals surface area contributed by atoms with Crippen LogP contribution in [-0.2, 0) is 9.59 Å². The molecule has 0 aromatic carbocycles. The molecule has 0 atom stereocenters. The van der Waals surface area contributed by atoms with E-state index in [9.17, 15) is 14.4 Å². The van der Waals surface area contributed by atoms with Crippen LogP contribution in [0.5, 0.6) is 0 Å². The summed E-state index contributed by atoms with van der Waals surface area (Å²) in [6, 6.07) is -0.533. The fraction of sp³-hybridized carbons (Fsp3) is 0.667. The normalized spacial score (nSPS) is 9.56. The molecule has 0 fully saturated rings. The summed E-state index contributed by atoms with van der Waals surface area (Å²) < 4.78 is 0. The molecule has 0 spiro atoms. The Hall–Kier alpha value is -1.24. The molecule has 0 aromatic heterocycles. The number of urea groups is 1. The van der Waals surface area contributed by atoms with Crippen molar-refractivity contribution in [2.24, 2.45) is 0 Å². The number of rotatable bonds is 7. The summed E-state index contributed by atoms with van der Waals surface area (Å²) in [5.41, 5.74) is 0. The van der Waals surface area contributed by atoms with Crippen molar-refractivity contribution in [1.29, 1.82) is 0 Å². The lowest BCUT2D eigenvalue weighted by Gasteiger charge is -2.05. The monoisotopic (exact) mass is 248 g/mol. The highest BCUT2D eigenvalue weighted by molar-refractivity contribution is 8.00. The van der Waals surface area contributed by atoms with Crippen molar-refractivity contribution in [2.75, 3.05) is 18.1 Å². The Morgan fingerprint density at radius 3 is 2.50 bits per heavy atom. The van der Waals surface area contributed by atoms with Gasteiger partial charge in [-0.3, -0.25) is 14.9 Å². The largest absolute Gasteiger partial charge is 0.481 e. The van der Waals surface area contributed by atoms with Gasteiger partial charge in [-0.25, -0.2) is 4.79 Å². The molecule has 92 valence electrons. The van der Waals surface area contributed by atoms with Gasteiger partial charge >= 0.3 is 12.0 Å². The number of hydrogen-bond acceptors (Lipinski definition) is 4. The molecule has 0 bridgehead atoms. The average molecular weight is 248 g/mol. The van der Waals surface area contributed by atoms with Crippen molar-refractivity contribution in [3.63, 3.8) is 0 Å². The van der Waals surface area contributed by atoms with Crippen LogP contribution in [0.2, 0.25) is 0 Å². The zero-order chi connectivity index (χ0) is 12.4. The third-order valence-electron chi connectivity index (χ3n) is 1.53. The molecule has 0 radical (unpaired) electrons. The van der Waals surface area contributed by atoms with E-state index in [2.05, 4.69) is 10.6 Å². The highest BCUT2D eigenvalue weighted by atomic mass is 32.2. The van der Waals surface area contributed by atoms with Gasteiger partial charge in [0.05, 0.1) is 11.5 Å². The lowest BCUT2D eigenvalue weighted by atomic mass is 10.3. The predicted octanol–water partition coefficient (Wildman–Crippen LogP) is 0.430. The van der Waals surface area contributed by atoms with E-state index in [0.717, 1.165) is 24.6 Å². The molecular formula is C9H16N2O4S. The van der Waals surface area contributed by atoms with Crippen LogP contribution in [0.1, 0.15) is 19.8 Å². The number of unbranched alkanes of at least 4 members (excludes halogenated alkanes) is 1. The summed E-state index contributed by atoms with van der Waals surface area (Å²) in [7, 11) is 0. The quantitative estimate of drug-likeness (QED) is 0.568. The summed E-state index contributed by atoms with van der Waals surface area (Å²) in [5.74, 6) is -1.65. The van der Waals surface area contributed by atoms with Crippen LogP contribution in [-0.4, -0.2) is 41.1 Å². The summed E-state index contributed by atoms with van der Waals surface area (Å²) in [6.45, 7) is 2.52. The number of imide groups is 1. The first-order valence-electron chi connectivity index (χ1n) is 4.93. The van der Waals surface area contributed by atoms with E-state index in [1.165, 1.54) is 0 Å². The Bertz CT molecular complexity index is 258. The molecule has 3 amide bonds. The van der Waals surface area contributed by atoms with Gasteiger partial charge in [0, 0.05) is 6.54 Å². The number of nitrogens with one attached hydrogen (secondary N) is 2. The lowest BCUT2D eigenvalue weighted by molar-refractivity contribution is -0.133. The number of thioether (sulfide) groups is 1. The fourth-order valence-corrected chi connectivity index (χ4v) is 1.35. The first-order chi connectivity index (χ1) is 7.56. The highest BCUT2D eigenvalue weighted by Crippen LogP contribution is 1.97. The predicted molar refractivity (Wildman–Crippen MR) is 61.4 cm³/mol. The van der Waals surface area contributed by atoms with Gasteiger partial charge in [0.2, 0.25) is 5.91 Å². The number of aliphatic carboxylic acids is 1. The van der Waals surface area contributed by atoms with Gasteiger partial charge in [-0.15, -0.1) is 11.8 Å². The maximum Gasteiger partial charge on any atom is 0.321 e. The molecule has 6 nitrogen and oxygen atoms in total. The molecule has 16 heavy (non-hydrogen) atoms. The molecule has 0 unspecified atom stereocenters. The topological polar surface area (TPSA) is 95.5 Å². The van der Waals surface area contributed by atoms with E-state index in [1.807, 2.05) is 6.92 Å². The molecule has 0 saturated heterocycles. The van der Waals surface area contributed by atoms with E-state index in [1.54, 1.807) is 0 Å². The minimum atomic E-state index is -0.981. The van der Waals surface area contributed by atoms with Crippen molar-refractivity contribution in [3.05, 3.63) is 0 Å². The Kier molecular flexibility index (Phi) is 8.32. The Balaban J connectivity index is 3.54. The highest BCUT2D eigenvalue weighted by Gasteiger charge is 2.07. The Morgan fingerprint density at radius 1 is 1.25 bits per heavy atom. The van der Waals surface area contributed by atoms with Crippen molar-refractivity contribution in [1.82, 2.24) is 10.6 Å². The lowest BCUT2D eigenvalue weighted by Crippen LogP contribution is -2.40. The van der Waals surface area contributed by atoms with Crippen molar-refractivity contribution >= 4 is 29.7 Å². The molecule has 0 aliphatic carbocycles. The van der Waals surface area contributed by atoms with E-state index >= 15 is 0 Å². The molecule has 0 heterocycles. The minimum absolute atomic E-state index is 0.0342. The first-order valence-corrected chi connectivity index (χ1v) is 6.09. The van der Waals surface area contributed by atoms with Gasteiger partial charge in [0.15, 0.2) is 0 Å². The molecule has 0 aliphatic rings. The maximum absolute atomic E-state index is 11.1. The zero-order valence-corrected chi connectivity index (χ0v) is 9.93. The second-order valence-corrected chi connectivity index (χ2v) is 4.03. The van der Waals surface area contributed by atoms with Crippen molar-refractivity contribution in [2.45, 2.75) is 19.8 Å². The zero-order valence-electron chi connectivity index (χ0n) is 9.12. The van der Waals surface area contributed by atoms with Crippen LogP contribution in [0, 0.1) is 0 Å². The number of carbonyl (C=O) groups excluding carboxylic acids is 2. The molecule has 0 rings (SSSR count). The van der Waals surface area contributed by atoms with E-state index in [-0.39, 0.29) is 11.5 Å². The molecule has 3 N–H and O–H groups in total. The van der Waals surface area contributed by atoms with Crippen LogP contribution in [0.4, 0.5) is 4.79 Å². The average Bonchev–Trinajstić information content (AvgIpc) is 2.17. The van der Waals surface area contributed by atoms with Gasteiger partial charge in [0.1, 0.15) is 0 Å². The van der Waals surface area contributed by atoms with Gasteiger partial charge in [-0.2, -0.15) is 0 Å². The molecule has 0 saturated carbocycles. The third-order valence-corrected chi connectivity index (χ3v) is 2.44. The van der Waals surface area contributed by atoms with Crippen LogP contribution in [0.25, 0.3) is 0 Å². The Labute approximate surface area is 98.2 Å². The van der Waals surface area contributed by atoms with Crippen LogP contribution >= 0.6 is 11.8 Å². The van der Waals surface area contributed by atoms with Crippen molar-refractivity contribution in [3.8, 4) is 0 Å². The molecule has 0 aliphatic heterocycles. The first kappa shape index (κ1) is 14.8. The SMILES string of the molecule is CCCCNC(=O)NC(=O)CSCC(=O)O. The number of amides is 3. The number of carboxylic acid groups (broad SMARTS) is 1. The number of hydrogen-bond donors (Lipinski definition) is 3. The van der Waals surface area contributed by atoms with Crippen molar-refractivity contribution < 1.29 is 19.5 Å². The van der Waals surface area contributed by atoms with Gasteiger partial charge in [-0.1, -0.05) is 13.3 Å². The second-order valence-electron chi connectivity index (χ2n) is 3.04. The molecular weight excluding hydrogens is 232 g/mol. The molecule has 7 heteroatoms. The third kappa shape index (κ3) is 9.32. The molecule has 0 aromatic rings. The van der Waals surface area contributed by atoms with E-state index in [0.29, 0.717) is 6.54 Å². The summed E-state index contributed by atoms with van der Waals surface area (Å²) in [6.07, 6.45) is 1.82. The van der Waals surface area contributed by atoms with Gasteiger partial charge in [-0.05, 0) is 6.42 Å². The van der Waals surface area contributed by atoms with E-state index < -0.39 is 17.9 Å². The fourth-order valence-electron chi connectivity index (χ4n) is 0.817. The summed E-state index contributed by atoms with van der Waals surface area (Å²) >= 11 is 0.948. The minimum Gasteiger partial charge on any atom is -0.481 e. The standard InChI is InChI=1S/C9H16N2O4S/c1-2-3-4-10-9(15)11-7(12)5-16-6-8(13)14/h2-6H2,1H3,(H,13,14)(H2,10,11,12,15). The van der Waals surface area contributed by atoms with Crippen LogP contribution < -0.4 is 10.6 Å². The number of carbonyl (C=O) groups is 3. The summed E-state index contributed by atoms with van der Waals surface area (Å²) in [5, 5.41) is 12.9. The smallest absolute Gasteiger partial charge is 0.321 e. The van der Waals surface area contributed by atoms with Gasteiger partial charge in [0.25, 0.3) is 0 Å². The number of carboxylic acids is 1. The summed E-state index contributed by atoms with van der Waals surface area (Å²) in [4.78, 5) is 32.3. The van der Waals surface area contributed by atoms with E-state index in [4.69, 9.17) is 5.11 Å². The Morgan fingerprint density at radius 2 is 1.94 bits per heavy atom. The maximum atomic E-state index is 11.1. The van der Waals surface area contributed by atoms with Crippen LogP contribution in [0.15, 0.2) is 0 Å². The van der Waals surface area contributed by atoms with Crippen LogP contribution in [0.3, 0.4) is 0 Å². The second kappa shape index (κ2) is 9.02. The van der Waals surface area contributed by atoms with Gasteiger partial charge < -0.3 is 10.4 Å².